The fourth-order valence-electron chi connectivity index (χ4n) is 3.67. The van der Waals surface area contributed by atoms with Gasteiger partial charge in [0.1, 0.15) is 11.5 Å². The van der Waals surface area contributed by atoms with Crippen LogP contribution in [0.3, 0.4) is 0 Å². The number of hydrogen-bond donors (Lipinski definition) is 4. The SMILES string of the molecule is COc1cccc(C(NC(=S)NNC(=O)c2ccccc2)c2c(O)ccc3ccccc23)c1. The van der Waals surface area contributed by atoms with Gasteiger partial charge in [0, 0.05) is 11.1 Å². The van der Waals surface area contributed by atoms with Gasteiger partial charge in [-0.05, 0) is 58.9 Å². The van der Waals surface area contributed by atoms with Gasteiger partial charge in [0.05, 0.1) is 13.2 Å². The van der Waals surface area contributed by atoms with Gasteiger partial charge in [0.25, 0.3) is 5.91 Å². The number of rotatable bonds is 5. The van der Waals surface area contributed by atoms with Crippen molar-refractivity contribution in [2.45, 2.75) is 6.04 Å². The molecule has 0 saturated heterocycles. The van der Waals surface area contributed by atoms with Gasteiger partial charge >= 0.3 is 0 Å². The van der Waals surface area contributed by atoms with E-state index in [1.807, 2.05) is 60.7 Å². The summed E-state index contributed by atoms with van der Waals surface area (Å²) < 4.78 is 5.40. The monoisotopic (exact) mass is 457 g/mol. The van der Waals surface area contributed by atoms with Crippen molar-refractivity contribution in [1.82, 2.24) is 16.2 Å². The fourth-order valence-corrected chi connectivity index (χ4v) is 3.84. The van der Waals surface area contributed by atoms with Crippen molar-refractivity contribution < 1.29 is 14.6 Å². The van der Waals surface area contributed by atoms with E-state index in [2.05, 4.69) is 16.2 Å². The van der Waals surface area contributed by atoms with Crippen LogP contribution in [0.15, 0.2) is 91.0 Å². The summed E-state index contributed by atoms with van der Waals surface area (Å²) in [5, 5.41) is 16.1. The number of nitrogens with one attached hydrogen (secondary N) is 3. The molecule has 0 fully saturated rings. The number of ether oxygens (including phenoxy) is 1. The van der Waals surface area contributed by atoms with Crippen LogP contribution in [0.1, 0.15) is 27.5 Å². The summed E-state index contributed by atoms with van der Waals surface area (Å²) in [6, 6.07) is 27.2. The van der Waals surface area contributed by atoms with Crippen molar-refractivity contribution in [3.63, 3.8) is 0 Å². The smallest absolute Gasteiger partial charge is 0.269 e. The lowest BCUT2D eigenvalue weighted by Gasteiger charge is -2.24. The number of carbonyl (C=O) groups excluding carboxylic acids is 1. The largest absolute Gasteiger partial charge is 0.508 e. The second-order valence-corrected chi connectivity index (χ2v) is 7.76. The third-order valence-corrected chi connectivity index (χ3v) is 5.48. The predicted molar refractivity (Wildman–Crippen MR) is 133 cm³/mol. The summed E-state index contributed by atoms with van der Waals surface area (Å²) in [6.07, 6.45) is 0. The van der Waals surface area contributed by atoms with Crippen LogP contribution in [0.4, 0.5) is 0 Å². The highest BCUT2D eigenvalue weighted by Crippen LogP contribution is 2.36. The number of phenolic OH excluding ortho intramolecular Hbond substituents is 1. The van der Waals surface area contributed by atoms with Gasteiger partial charge in [-0.2, -0.15) is 0 Å². The Morgan fingerprint density at radius 2 is 1.67 bits per heavy atom. The number of fused-ring (bicyclic) bond motifs is 1. The molecule has 0 bridgehead atoms. The number of methoxy groups -OCH3 is 1. The van der Waals surface area contributed by atoms with E-state index in [0.29, 0.717) is 16.9 Å². The Balaban J connectivity index is 1.65. The number of thiocarbonyl (C=S) groups is 1. The molecule has 0 aliphatic carbocycles. The van der Waals surface area contributed by atoms with Crippen molar-refractivity contribution in [3.8, 4) is 11.5 Å². The average Bonchev–Trinajstić information content (AvgIpc) is 2.86. The Kier molecular flexibility index (Phi) is 6.71. The molecule has 6 nitrogen and oxygen atoms in total. The number of hydrogen-bond acceptors (Lipinski definition) is 4. The zero-order chi connectivity index (χ0) is 23.2. The molecule has 0 saturated carbocycles. The summed E-state index contributed by atoms with van der Waals surface area (Å²) in [5.41, 5.74) is 7.36. The van der Waals surface area contributed by atoms with E-state index >= 15 is 0 Å². The van der Waals surface area contributed by atoms with E-state index in [-0.39, 0.29) is 16.8 Å². The molecule has 0 heterocycles. The van der Waals surface area contributed by atoms with Gasteiger partial charge in [-0.15, -0.1) is 0 Å². The van der Waals surface area contributed by atoms with Crippen molar-refractivity contribution in [3.05, 3.63) is 108 Å². The molecule has 0 radical (unpaired) electrons. The van der Waals surface area contributed by atoms with Crippen LogP contribution in [0, 0.1) is 0 Å². The number of carbonyl (C=O) groups is 1. The first-order valence-electron chi connectivity index (χ1n) is 10.3. The highest BCUT2D eigenvalue weighted by atomic mass is 32.1. The number of hydrazine groups is 1. The molecule has 1 unspecified atom stereocenters. The Morgan fingerprint density at radius 3 is 2.45 bits per heavy atom. The molecule has 1 amide bonds. The Bertz CT molecular complexity index is 1290. The zero-order valence-corrected chi connectivity index (χ0v) is 18.7. The highest BCUT2D eigenvalue weighted by Gasteiger charge is 2.22. The number of benzene rings is 4. The third-order valence-electron chi connectivity index (χ3n) is 5.26. The topological polar surface area (TPSA) is 82.6 Å². The van der Waals surface area contributed by atoms with Crippen LogP contribution in [0.25, 0.3) is 10.8 Å². The van der Waals surface area contributed by atoms with Gasteiger partial charge in [0.15, 0.2) is 5.11 Å². The molecular formula is C26H23N3O3S. The van der Waals surface area contributed by atoms with Crippen LogP contribution in [-0.2, 0) is 0 Å². The molecule has 0 aliphatic rings. The maximum absolute atomic E-state index is 12.4. The summed E-state index contributed by atoms with van der Waals surface area (Å²) >= 11 is 5.48. The lowest BCUT2D eigenvalue weighted by molar-refractivity contribution is 0.0943. The van der Waals surface area contributed by atoms with Crippen molar-refractivity contribution >= 4 is 34.0 Å². The molecular weight excluding hydrogens is 434 g/mol. The van der Waals surface area contributed by atoms with Gasteiger partial charge in [0.2, 0.25) is 0 Å². The number of aromatic hydroxyl groups is 1. The summed E-state index contributed by atoms with van der Waals surface area (Å²) in [5.74, 6) is 0.492. The fraction of sp³-hybridized carbons (Fsp3) is 0.0769. The molecule has 4 N–H and O–H groups in total. The molecule has 4 aromatic rings. The van der Waals surface area contributed by atoms with E-state index in [1.54, 1.807) is 37.4 Å². The minimum Gasteiger partial charge on any atom is -0.508 e. The maximum atomic E-state index is 12.4. The third kappa shape index (κ3) is 5.05. The van der Waals surface area contributed by atoms with Crippen LogP contribution >= 0.6 is 12.2 Å². The Labute approximate surface area is 197 Å². The second-order valence-electron chi connectivity index (χ2n) is 7.35. The summed E-state index contributed by atoms with van der Waals surface area (Å²) in [7, 11) is 1.60. The average molecular weight is 458 g/mol. The molecule has 0 spiro atoms. The Morgan fingerprint density at radius 1 is 0.909 bits per heavy atom. The molecule has 33 heavy (non-hydrogen) atoms. The molecule has 1 atom stereocenters. The van der Waals surface area contributed by atoms with Gasteiger partial charge in [-0.1, -0.05) is 60.7 Å². The van der Waals surface area contributed by atoms with Crippen molar-refractivity contribution in [2.75, 3.05) is 7.11 Å². The van der Waals surface area contributed by atoms with E-state index in [0.717, 1.165) is 16.3 Å². The summed E-state index contributed by atoms with van der Waals surface area (Å²) in [4.78, 5) is 12.4. The van der Waals surface area contributed by atoms with Crippen molar-refractivity contribution in [1.29, 1.82) is 0 Å². The minimum atomic E-state index is -0.514. The van der Waals surface area contributed by atoms with Crippen LogP contribution in [0.5, 0.6) is 11.5 Å². The normalized spacial score (nSPS) is 11.4. The first-order chi connectivity index (χ1) is 16.1. The van der Waals surface area contributed by atoms with Gasteiger partial charge in [-0.25, -0.2) is 0 Å². The lowest BCUT2D eigenvalue weighted by Crippen LogP contribution is -2.47. The first-order valence-corrected chi connectivity index (χ1v) is 10.7. The molecule has 4 aromatic carbocycles. The number of amides is 1. The Hall–Kier alpha value is -4.10. The molecule has 0 aromatic heterocycles. The molecule has 0 aliphatic heterocycles. The van der Waals surface area contributed by atoms with E-state index in [4.69, 9.17) is 17.0 Å². The van der Waals surface area contributed by atoms with E-state index in [9.17, 15) is 9.90 Å². The van der Waals surface area contributed by atoms with Gasteiger partial charge < -0.3 is 15.2 Å². The first kappa shape index (κ1) is 22.1. The highest BCUT2D eigenvalue weighted by molar-refractivity contribution is 7.80. The maximum Gasteiger partial charge on any atom is 0.269 e. The van der Waals surface area contributed by atoms with Gasteiger partial charge in [-0.3, -0.25) is 15.6 Å². The van der Waals surface area contributed by atoms with Crippen LogP contribution < -0.4 is 20.9 Å². The minimum absolute atomic E-state index is 0.130. The van der Waals surface area contributed by atoms with Crippen molar-refractivity contribution in [2.24, 2.45) is 0 Å². The standard InChI is InChI=1S/C26H23N3O3S/c1-32-20-12-7-11-19(16-20)24(23-21-13-6-5-8-17(21)14-15-22(23)30)27-26(33)29-28-25(31)18-9-3-2-4-10-18/h2-16,24,30H,1H3,(H,28,31)(H2,27,29,33). The predicted octanol–water partition coefficient (Wildman–Crippen LogP) is 4.45. The molecule has 4 rings (SSSR count). The van der Waals surface area contributed by atoms with Crippen LogP contribution in [0.2, 0.25) is 0 Å². The second kappa shape index (κ2) is 10.0. The van der Waals surface area contributed by atoms with E-state index in [1.165, 1.54) is 0 Å². The molecule has 166 valence electrons. The summed E-state index contributed by atoms with van der Waals surface area (Å²) in [6.45, 7) is 0. The zero-order valence-electron chi connectivity index (χ0n) is 17.9. The number of phenols is 1. The lowest BCUT2D eigenvalue weighted by atomic mass is 9.92. The quantitative estimate of drug-likeness (QED) is 0.262. The van der Waals surface area contributed by atoms with E-state index < -0.39 is 6.04 Å². The molecule has 7 heteroatoms. The van der Waals surface area contributed by atoms with Crippen LogP contribution in [-0.4, -0.2) is 23.2 Å².